The van der Waals surface area contributed by atoms with Crippen molar-refractivity contribution in [3.63, 3.8) is 0 Å². The molecule has 0 aliphatic carbocycles. The molecule has 2 aromatic rings. The van der Waals surface area contributed by atoms with Gasteiger partial charge in [0.05, 0.1) is 10.7 Å². The molecule has 92 valence electrons. The molecule has 0 aliphatic rings. The topological polar surface area (TPSA) is 29.1 Å². The first kappa shape index (κ1) is 13.1. The van der Waals surface area contributed by atoms with Crippen LogP contribution in [0.25, 0.3) is 0 Å². The van der Waals surface area contributed by atoms with Crippen molar-refractivity contribution in [1.29, 1.82) is 0 Å². The van der Waals surface area contributed by atoms with Gasteiger partial charge in [-0.15, -0.1) is 0 Å². The molecule has 0 heterocycles. The Morgan fingerprint density at radius 3 is 2.67 bits per heavy atom. The van der Waals surface area contributed by atoms with Crippen LogP contribution in [0.15, 0.2) is 48.5 Å². The second kappa shape index (κ2) is 6.03. The van der Waals surface area contributed by atoms with Gasteiger partial charge < -0.3 is 5.32 Å². The van der Waals surface area contributed by atoms with Crippen LogP contribution in [0.4, 0.5) is 5.69 Å². The molecular formula is C14H11BrClNO. The Kier molecular flexibility index (Phi) is 4.39. The number of hydrogen-bond acceptors (Lipinski definition) is 1. The summed E-state index contributed by atoms with van der Waals surface area (Å²) in [5, 5.41) is 4.04. The summed E-state index contributed by atoms with van der Waals surface area (Å²) in [6.45, 7) is 0. The molecule has 18 heavy (non-hydrogen) atoms. The molecule has 0 bridgehead atoms. The number of rotatable bonds is 3. The van der Waals surface area contributed by atoms with Crippen molar-refractivity contribution in [1.82, 2.24) is 0 Å². The largest absolute Gasteiger partial charge is 0.321 e. The van der Waals surface area contributed by atoms with Crippen molar-refractivity contribution in [2.45, 2.75) is 5.33 Å². The number of alkyl halides is 1. The minimum atomic E-state index is -0.161. The highest BCUT2D eigenvalue weighted by molar-refractivity contribution is 9.08. The van der Waals surface area contributed by atoms with Gasteiger partial charge in [-0.3, -0.25) is 4.79 Å². The van der Waals surface area contributed by atoms with Crippen LogP contribution in [0.5, 0.6) is 0 Å². The molecule has 0 radical (unpaired) electrons. The smallest absolute Gasteiger partial charge is 0.255 e. The van der Waals surface area contributed by atoms with Gasteiger partial charge in [-0.05, 0) is 29.8 Å². The molecule has 0 atom stereocenters. The van der Waals surface area contributed by atoms with E-state index in [9.17, 15) is 4.79 Å². The molecule has 1 amide bonds. The van der Waals surface area contributed by atoms with Gasteiger partial charge >= 0.3 is 0 Å². The summed E-state index contributed by atoms with van der Waals surface area (Å²) in [7, 11) is 0. The minimum Gasteiger partial charge on any atom is -0.321 e. The monoisotopic (exact) mass is 323 g/mol. The average molecular weight is 325 g/mol. The third-order valence-corrected chi connectivity index (χ3v) is 3.44. The maximum absolute atomic E-state index is 12.0. The van der Waals surface area contributed by atoms with E-state index in [-0.39, 0.29) is 5.91 Å². The number of benzene rings is 2. The lowest BCUT2D eigenvalue weighted by Gasteiger charge is -2.07. The molecule has 2 nitrogen and oxygen atoms in total. The van der Waals surface area contributed by atoms with E-state index in [4.69, 9.17) is 11.6 Å². The van der Waals surface area contributed by atoms with Crippen molar-refractivity contribution < 1.29 is 4.79 Å². The number of amides is 1. The highest BCUT2D eigenvalue weighted by Crippen LogP contribution is 2.21. The summed E-state index contributed by atoms with van der Waals surface area (Å²) in [5.41, 5.74) is 2.29. The third-order valence-electron chi connectivity index (χ3n) is 2.47. The fraction of sp³-hybridized carbons (Fsp3) is 0.0714. The van der Waals surface area contributed by atoms with Gasteiger partial charge in [0.1, 0.15) is 0 Å². The Morgan fingerprint density at radius 2 is 1.94 bits per heavy atom. The quantitative estimate of drug-likeness (QED) is 0.828. The van der Waals surface area contributed by atoms with Gasteiger partial charge in [0, 0.05) is 10.9 Å². The van der Waals surface area contributed by atoms with Gasteiger partial charge in [-0.1, -0.05) is 51.8 Å². The van der Waals surface area contributed by atoms with Crippen LogP contribution in [0.1, 0.15) is 15.9 Å². The first-order valence-corrected chi connectivity index (χ1v) is 6.91. The summed E-state index contributed by atoms with van der Waals surface area (Å²) in [5.74, 6) is -0.161. The van der Waals surface area contributed by atoms with Crippen molar-refractivity contribution in [3.8, 4) is 0 Å². The lowest BCUT2D eigenvalue weighted by molar-refractivity contribution is 0.102. The van der Waals surface area contributed by atoms with E-state index in [1.165, 1.54) is 0 Å². The van der Waals surface area contributed by atoms with E-state index in [1.54, 1.807) is 18.2 Å². The summed E-state index contributed by atoms with van der Waals surface area (Å²) >= 11 is 9.36. The van der Waals surface area contributed by atoms with Crippen LogP contribution in [-0.2, 0) is 5.33 Å². The van der Waals surface area contributed by atoms with Gasteiger partial charge in [0.15, 0.2) is 0 Å². The van der Waals surface area contributed by atoms with Crippen LogP contribution < -0.4 is 5.32 Å². The number of halogens is 2. The molecule has 0 fully saturated rings. The first-order chi connectivity index (χ1) is 8.70. The molecule has 0 aromatic heterocycles. The standard InChI is InChI=1S/C14H11BrClNO/c15-9-10-4-3-5-11(8-10)14(18)17-13-7-2-1-6-12(13)16/h1-8H,9H2,(H,17,18). The van der Waals surface area contributed by atoms with Crippen LogP contribution in [-0.4, -0.2) is 5.91 Å². The van der Waals surface area contributed by atoms with E-state index in [2.05, 4.69) is 21.2 Å². The third kappa shape index (κ3) is 3.12. The summed E-state index contributed by atoms with van der Waals surface area (Å²) in [4.78, 5) is 12.0. The number of carbonyl (C=O) groups excluding carboxylic acids is 1. The Labute approximate surface area is 119 Å². The van der Waals surface area contributed by atoms with Crippen LogP contribution in [0, 0.1) is 0 Å². The maximum Gasteiger partial charge on any atom is 0.255 e. The predicted molar refractivity (Wildman–Crippen MR) is 78.5 cm³/mol. The maximum atomic E-state index is 12.0. The first-order valence-electron chi connectivity index (χ1n) is 5.41. The Balaban J connectivity index is 2.19. The summed E-state index contributed by atoms with van der Waals surface area (Å²) in [6.07, 6.45) is 0. The molecule has 2 rings (SSSR count). The molecule has 1 N–H and O–H groups in total. The van der Waals surface area contributed by atoms with Crippen molar-refractivity contribution in [2.24, 2.45) is 0 Å². The zero-order valence-electron chi connectivity index (χ0n) is 9.49. The molecular weight excluding hydrogens is 314 g/mol. The number of para-hydroxylation sites is 1. The minimum absolute atomic E-state index is 0.161. The zero-order valence-corrected chi connectivity index (χ0v) is 11.8. The van der Waals surface area contributed by atoms with Crippen molar-refractivity contribution in [3.05, 3.63) is 64.7 Å². The van der Waals surface area contributed by atoms with Gasteiger partial charge in [0.2, 0.25) is 0 Å². The Hall–Kier alpha value is -1.32. The number of carbonyl (C=O) groups is 1. The van der Waals surface area contributed by atoms with Gasteiger partial charge in [0.25, 0.3) is 5.91 Å². The van der Waals surface area contributed by atoms with Crippen molar-refractivity contribution >= 4 is 39.1 Å². The second-order valence-corrected chi connectivity index (χ2v) is 4.74. The fourth-order valence-corrected chi connectivity index (χ4v) is 2.08. The summed E-state index contributed by atoms with van der Waals surface area (Å²) in [6, 6.07) is 14.6. The van der Waals surface area contributed by atoms with Crippen molar-refractivity contribution in [2.75, 3.05) is 5.32 Å². The van der Waals surface area contributed by atoms with Crippen LogP contribution in [0.2, 0.25) is 5.02 Å². The fourth-order valence-electron chi connectivity index (χ4n) is 1.55. The number of anilines is 1. The highest BCUT2D eigenvalue weighted by Gasteiger charge is 2.08. The van der Waals surface area contributed by atoms with E-state index in [1.807, 2.05) is 30.3 Å². The Bertz CT molecular complexity index is 571. The Morgan fingerprint density at radius 1 is 1.17 bits per heavy atom. The lowest BCUT2D eigenvalue weighted by atomic mass is 10.1. The molecule has 0 saturated heterocycles. The number of nitrogens with one attached hydrogen (secondary N) is 1. The van der Waals surface area contributed by atoms with Crippen LogP contribution >= 0.6 is 27.5 Å². The molecule has 0 spiro atoms. The van der Waals surface area contributed by atoms with Gasteiger partial charge in [-0.2, -0.15) is 0 Å². The molecule has 0 aliphatic heterocycles. The number of hydrogen-bond donors (Lipinski definition) is 1. The molecule has 4 heteroatoms. The van der Waals surface area contributed by atoms with Crippen LogP contribution in [0.3, 0.4) is 0 Å². The normalized spacial score (nSPS) is 10.1. The van der Waals surface area contributed by atoms with Gasteiger partial charge in [-0.25, -0.2) is 0 Å². The van der Waals surface area contributed by atoms with E-state index >= 15 is 0 Å². The van der Waals surface area contributed by atoms with E-state index in [0.29, 0.717) is 16.3 Å². The highest BCUT2D eigenvalue weighted by atomic mass is 79.9. The second-order valence-electron chi connectivity index (χ2n) is 3.77. The SMILES string of the molecule is O=C(Nc1ccccc1Cl)c1cccc(CBr)c1. The molecule has 2 aromatic carbocycles. The summed E-state index contributed by atoms with van der Waals surface area (Å²) < 4.78 is 0. The molecule has 0 unspecified atom stereocenters. The average Bonchev–Trinajstić information content (AvgIpc) is 2.41. The lowest BCUT2D eigenvalue weighted by Crippen LogP contribution is -2.12. The van der Waals surface area contributed by atoms with E-state index < -0.39 is 0 Å². The zero-order chi connectivity index (χ0) is 13.0. The molecule has 0 saturated carbocycles. The predicted octanol–water partition coefficient (Wildman–Crippen LogP) is 4.49. The van der Waals surface area contributed by atoms with E-state index in [0.717, 1.165) is 10.9 Å².